The van der Waals surface area contributed by atoms with E-state index in [9.17, 15) is 0 Å². The minimum atomic E-state index is 0.678. The summed E-state index contributed by atoms with van der Waals surface area (Å²) < 4.78 is 0. The van der Waals surface area contributed by atoms with Gasteiger partial charge in [-0.1, -0.05) is 267 Å². The summed E-state index contributed by atoms with van der Waals surface area (Å²) in [6, 6.07) is 98.3. The van der Waals surface area contributed by atoms with Crippen molar-refractivity contribution in [3.8, 4) is 112 Å². The van der Waals surface area contributed by atoms with Crippen LogP contribution in [0.3, 0.4) is 0 Å². The lowest BCUT2D eigenvalue weighted by Gasteiger charge is -2.22. The smallest absolute Gasteiger partial charge is 0.160 e. The van der Waals surface area contributed by atoms with Gasteiger partial charge >= 0.3 is 0 Å². The Balaban J connectivity index is 1.13. The predicted molar refractivity (Wildman–Crippen MR) is 307 cm³/mol. The molecule has 13 rings (SSSR count). The summed E-state index contributed by atoms with van der Waals surface area (Å²) in [6.45, 7) is 0. The summed E-state index contributed by atoms with van der Waals surface area (Å²) in [4.78, 5) is 21.8. The molecule has 0 aliphatic carbocycles. The third-order valence-corrected chi connectivity index (χ3v) is 13.9. The standard InChI is InChI=1S/C70H46N4/c1-9-25-47(26-10-1)61-57-43-41-56(64-67(51-33-17-5-18-34-51)73-70(54-39-23-8-24-40-54)74-68(64)52-35-19-6-20-36-52)46-60(57)62(48-27-11-2-12-28-48)58-44-42-55(45-59(58)61)63-65(49-29-13-3-14-30-49)71-69(53-37-21-7-22-38-53)72-66(63)50-31-15-4-16-32-50/h1-46H. The number of rotatable bonds is 10. The third kappa shape index (κ3) is 8.20. The van der Waals surface area contributed by atoms with E-state index in [-0.39, 0.29) is 0 Å². The Morgan fingerprint density at radius 1 is 0.162 bits per heavy atom. The minimum Gasteiger partial charge on any atom is -0.227 e. The molecule has 0 aliphatic heterocycles. The van der Waals surface area contributed by atoms with Gasteiger partial charge < -0.3 is 0 Å². The van der Waals surface area contributed by atoms with E-state index in [2.05, 4.69) is 243 Å². The van der Waals surface area contributed by atoms with Gasteiger partial charge in [0, 0.05) is 44.5 Å². The quantitative estimate of drug-likeness (QED) is 0.128. The van der Waals surface area contributed by atoms with Crippen molar-refractivity contribution in [1.82, 2.24) is 19.9 Å². The van der Waals surface area contributed by atoms with E-state index >= 15 is 0 Å². The first kappa shape index (κ1) is 44.1. The van der Waals surface area contributed by atoms with Gasteiger partial charge in [-0.3, -0.25) is 0 Å². The molecule has 0 N–H and O–H groups in total. The van der Waals surface area contributed by atoms with Gasteiger partial charge in [0.15, 0.2) is 11.6 Å². The van der Waals surface area contributed by atoms with Crippen molar-refractivity contribution in [2.45, 2.75) is 0 Å². The summed E-state index contributed by atoms with van der Waals surface area (Å²) in [6.07, 6.45) is 0. The topological polar surface area (TPSA) is 51.6 Å². The number of hydrogen-bond donors (Lipinski definition) is 0. The van der Waals surface area contributed by atoms with Crippen LogP contribution < -0.4 is 0 Å². The van der Waals surface area contributed by atoms with E-state index in [1.165, 1.54) is 0 Å². The summed E-state index contributed by atoms with van der Waals surface area (Å²) in [5, 5.41) is 4.52. The molecule has 4 nitrogen and oxygen atoms in total. The van der Waals surface area contributed by atoms with Crippen LogP contribution in [0.4, 0.5) is 0 Å². The van der Waals surface area contributed by atoms with Gasteiger partial charge in [-0.2, -0.15) is 0 Å². The number of nitrogens with zero attached hydrogens (tertiary/aromatic N) is 4. The van der Waals surface area contributed by atoms with E-state index in [1.54, 1.807) is 0 Å². The predicted octanol–water partition coefficient (Wildman–Crippen LogP) is 18.2. The van der Waals surface area contributed by atoms with Crippen LogP contribution in [0.5, 0.6) is 0 Å². The van der Waals surface area contributed by atoms with E-state index in [0.29, 0.717) is 11.6 Å². The zero-order valence-corrected chi connectivity index (χ0v) is 40.3. The van der Waals surface area contributed by atoms with Crippen LogP contribution in [0.25, 0.3) is 134 Å². The second kappa shape index (κ2) is 19.4. The zero-order chi connectivity index (χ0) is 49.2. The molecular weight excluding hydrogens is 897 g/mol. The van der Waals surface area contributed by atoms with Gasteiger partial charge in [-0.15, -0.1) is 0 Å². The van der Waals surface area contributed by atoms with Gasteiger partial charge in [0.1, 0.15) is 0 Å². The molecule has 346 valence electrons. The Bertz CT molecular complexity index is 3720. The number of hydrogen-bond acceptors (Lipinski definition) is 4. The minimum absolute atomic E-state index is 0.678. The van der Waals surface area contributed by atoms with Crippen LogP contribution in [0, 0.1) is 0 Å². The van der Waals surface area contributed by atoms with Crippen molar-refractivity contribution in [3.63, 3.8) is 0 Å². The van der Waals surface area contributed by atoms with E-state index < -0.39 is 0 Å². The number of aromatic nitrogens is 4. The Hall–Kier alpha value is -9.90. The van der Waals surface area contributed by atoms with Crippen LogP contribution in [0.2, 0.25) is 0 Å². The highest BCUT2D eigenvalue weighted by atomic mass is 14.9. The molecule has 0 spiro atoms. The maximum Gasteiger partial charge on any atom is 0.160 e. The van der Waals surface area contributed by atoms with Gasteiger partial charge in [0.2, 0.25) is 0 Å². The summed E-state index contributed by atoms with van der Waals surface area (Å²) in [5.74, 6) is 1.36. The van der Waals surface area contributed by atoms with Crippen LogP contribution >= 0.6 is 0 Å². The molecule has 0 unspecified atom stereocenters. The maximum atomic E-state index is 5.45. The lowest BCUT2D eigenvalue weighted by molar-refractivity contribution is 1.18. The van der Waals surface area contributed by atoms with Crippen LogP contribution in [-0.2, 0) is 0 Å². The van der Waals surface area contributed by atoms with Crippen molar-refractivity contribution >= 4 is 21.5 Å². The van der Waals surface area contributed by atoms with Gasteiger partial charge in [0.25, 0.3) is 0 Å². The lowest BCUT2D eigenvalue weighted by Crippen LogP contribution is -2.01. The number of benzene rings is 11. The molecule has 2 heterocycles. The normalized spacial score (nSPS) is 11.2. The zero-order valence-electron chi connectivity index (χ0n) is 40.3. The first-order valence-corrected chi connectivity index (χ1v) is 25.1. The summed E-state index contributed by atoms with van der Waals surface area (Å²) in [5.41, 5.74) is 18.0. The third-order valence-electron chi connectivity index (χ3n) is 13.9. The first-order chi connectivity index (χ1) is 36.7. The molecule has 0 amide bonds. The highest BCUT2D eigenvalue weighted by Crippen LogP contribution is 2.49. The van der Waals surface area contributed by atoms with Crippen molar-refractivity contribution in [2.75, 3.05) is 0 Å². The largest absolute Gasteiger partial charge is 0.227 e. The average Bonchev–Trinajstić information content (AvgIpc) is 3.50. The second-order valence-electron chi connectivity index (χ2n) is 18.4. The van der Waals surface area contributed by atoms with Gasteiger partial charge in [-0.25, -0.2) is 19.9 Å². The molecule has 0 saturated carbocycles. The molecule has 11 aromatic carbocycles. The molecule has 74 heavy (non-hydrogen) atoms. The van der Waals surface area contributed by atoms with E-state index in [0.717, 1.165) is 122 Å². The van der Waals surface area contributed by atoms with E-state index in [1.807, 2.05) is 36.4 Å². The Morgan fingerprint density at radius 2 is 0.392 bits per heavy atom. The molecule has 0 aliphatic rings. The lowest BCUT2D eigenvalue weighted by atomic mass is 9.83. The first-order valence-electron chi connectivity index (χ1n) is 25.1. The molecule has 0 bridgehead atoms. The monoisotopic (exact) mass is 942 g/mol. The second-order valence-corrected chi connectivity index (χ2v) is 18.4. The van der Waals surface area contributed by atoms with Crippen molar-refractivity contribution < 1.29 is 0 Å². The fraction of sp³-hybridized carbons (Fsp3) is 0. The molecule has 0 fully saturated rings. The molecule has 0 atom stereocenters. The highest BCUT2D eigenvalue weighted by Gasteiger charge is 2.25. The Kier molecular flexibility index (Phi) is 11.5. The summed E-state index contributed by atoms with van der Waals surface area (Å²) in [7, 11) is 0. The summed E-state index contributed by atoms with van der Waals surface area (Å²) >= 11 is 0. The molecule has 13 aromatic rings. The van der Waals surface area contributed by atoms with Crippen molar-refractivity contribution in [3.05, 3.63) is 279 Å². The Labute approximate surface area is 430 Å². The number of fused-ring (bicyclic) bond motifs is 2. The SMILES string of the molecule is c1ccc(-c2nc(-c3ccccc3)c(-c3ccc4c(-c5ccccc5)c5cc(-c6c(-c7ccccc7)nc(-c7ccccc7)nc6-c6ccccc6)ccc5c(-c5ccccc5)c4c3)c(-c3ccccc3)n2)cc1. The van der Waals surface area contributed by atoms with Crippen molar-refractivity contribution in [2.24, 2.45) is 0 Å². The molecule has 0 saturated heterocycles. The molecule has 4 heteroatoms. The Morgan fingerprint density at radius 3 is 0.649 bits per heavy atom. The van der Waals surface area contributed by atoms with Crippen LogP contribution in [0.15, 0.2) is 279 Å². The molecule has 2 aromatic heterocycles. The highest BCUT2D eigenvalue weighted by molar-refractivity contribution is 6.23. The maximum absolute atomic E-state index is 5.45. The van der Waals surface area contributed by atoms with E-state index in [4.69, 9.17) is 19.9 Å². The molecule has 0 radical (unpaired) electrons. The fourth-order valence-electron chi connectivity index (χ4n) is 10.5. The van der Waals surface area contributed by atoms with Crippen LogP contribution in [0.1, 0.15) is 0 Å². The fourth-order valence-corrected chi connectivity index (χ4v) is 10.5. The van der Waals surface area contributed by atoms with Crippen LogP contribution in [-0.4, -0.2) is 19.9 Å². The average molecular weight is 943 g/mol. The van der Waals surface area contributed by atoms with Crippen molar-refractivity contribution in [1.29, 1.82) is 0 Å². The van der Waals surface area contributed by atoms with Gasteiger partial charge in [-0.05, 0) is 67.1 Å². The molecular formula is C70H46N4. The van der Waals surface area contributed by atoms with Gasteiger partial charge in [0.05, 0.1) is 22.8 Å².